The van der Waals surface area contributed by atoms with E-state index in [1.54, 1.807) is 31.2 Å². The summed E-state index contributed by atoms with van der Waals surface area (Å²) in [7, 11) is 0. The fourth-order valence-electron chi connectivity index (χ4n) is 1.86. The molecule has 0 spiro atoms. The topological polar surface area (TPSA) is 63.6 Å². The molecule has 0 saturated heterocycles. The van der Waals surface area contributed by atoms with Gasteiger partial charge >= 0.3 is 11.9 Å². The quantitative estimate of drug-likeness (QED) is 0.629. The van der Waals surface area contributed by atoms with E-state index in [1.165, 1.54) is 0 Å². The highest BCUT2D eigenvalue weighted by Crippen LogP contribution is 2.17. The molecule has 128 valence electrons. The van der Waals surface area contributed by atoms with Crippen molar-refractivity contribution in [2.75, 3.05) is 6.61 Å². The number of halogens is 2. The van der Waals surface area contributed by atoms with Crippen molar-refractivity contribution < 1.29 is 19.4 Å². The molecule has 2 aromatic rings. The number of ether oxygens (including phenoxy) is 1. The van der Waals surface area contributed by atoms with E-state index in [0.29, 0.717) is 17.7 Å². The maximum atomic E-state index is 11.1. The van der Waals surface area contributed by atoms with Crippen molar-refractivity contribution in [1.29, 1.82) is 0 Å². The van der Waals surface area contributed by atoms with Gasteiger partial charge in [0.15, 0.2) is 0 Å². The van der Waals surface area contributed by atoms with Crippen LogP contribution in [0.5, 0.6) is 0 Å². The summed E-state index contributed by atoms with van der Waals surface area (Å²) in [5.74, 6) is -1.13. The predicted molar refractivity (Wildman–Crippen MR) is 101 cm³/mol. The highest BCUT2D eigenvalue weighted by atomic mass is 79.9. The Balaban J connectivity index is 0.000000240. The van der Waals surface area contributed by atoms with Crippen LogP contribution in [0.25, 0.3) is 0 Å². The minimum absolute atomic E-state index is 0.273. The number of hydrogen-bond donors (Lipinski definition) is 1. The first kappa shape index (κ1) is 20.4. The average molecular weight is 458 g/mol. The van der Waals surface area contributed by atoms with E-state index in [0.717, 1.165) is 20.9 Å². The molecule has 0 aromatic heterocycles. The molecule has 0 aliphatic rings. The molecular formula is C18H18Br2O4. The lowest BCUT2D eigenvalue weighted by atomic mass is 10.1. The predicted octanol–water partition coefficient (Wildman–Crippen LogP) is 5.34. The van der Waals surface area contributed by atoms with Crippen molar-refractivity contribution >= 4 is 43.8 Å². The number of carboxylic acids is 1. The van der Waals surface area contributed by atoms with E-state index < -0.39 is 5.97 Å². The van der Waals surface area contributed by atoms with E-state index in [1.807, 2.05) is 25.1 Å². The molecule has 0 bridgehead atoms. The van der Waals surface area contributed by atoms with Crippen LogP contribution in [0.2, 0.25) is 0 Å². The maximum Gasteiger partial charge on any atom is 0.338 e. The zero-order chi connectivity index (χ0) is 18.1. The Morgan fingerprint density at radius 2 is 1.58 bits per heavy atom. The second kappa shape index (κ2) is 10.3. The van der Waals surface area contributed by atoms with Gasteiger partial charge < -0.3 is 9.84 Å². The molecule has 4 nitrogen and oxygen atoms in total. The van der Waals surface area contributed by atoms with Gasteiger partial charge in [-0.3, -0.25) is 0 Å². The molecule has 0 fully saturated rings. The first-order chi connectivity index (χ1) is 11.4. The molecule has 2 rings (SSSR count). The minimum Gasteiger partial charge on any atom is -0.478 e. The van der Waals surface area contributed by atoms with Crippen LogP contribution >= 0.6 is 31.9 Å². The molecule has 0 saturated carbocycles. The number of carboxylic acid groups (broad SMARTS) is 1. The van der Waals surface area contributed by atoms with E-state index in [4.69, 9.17) is 9.84 Å². The van der Waals surface area contributed by atoms with Crippen LogP contribution in [0.15, 0.2) is 51.4 Å². The number of benzene rings is 2. The molecule has 0 radical (unpaired) electrons. The Morgan fingerprint density at radius 1 is 1.00 bits per heavy atom. The monoisotopic (exact) mass is 456 g/mol. The standard InChI is InChI=1S/2C9H9BrO2/c1-2-12-9(11)7-3-5-8(10)6-4-7;1-2-6-5-7(10)3-4-8(6)9(11)12/h3-6H,2H2,1H3;3-5H,2H2,1H3,(H,11,12). The van der Waals surface area contributed by atoms with Crippen LogP contribution < -0.4 is 0 Å². The Labute approximate surface area is 158 Å². The van der Waals surface area contributed by atoms with Gasteiger partial charge in [-0.1, -0.05) is 38.8 Å². The van der Waals surface area contributed by atoms with Gasteiger partial charge in [0.1, 0.15) is 0 Å². The van der Waals surface area contributed by atoms with Crippen LogP contribution in [0.4, 0.5) is 0 Å². The van der Waals surface area contributed by atoms with Gasteiger partial charge in [-0.15, -0.1) is 0 Å². The third kappa shape index (κ3) is 6.45. The fourth-order valence-corrected chi connectivity index (χ4v) is 2.54. The summed E-state index contributed by atoms with van der Waals surface area (Å²) in [5, 5.41) is 8.77. The lowest BCUT2D eigenvalue weighted by Gasteiger charge is -2.02. The van der Waals surface area contributed by atoms with Gasteiger partial charge in [0, 0.05) is 8.95 Å². The third-order valence-electron chi connectivity index (χ3n) is 3.03. The van der Waals surface area contributed by atoms with E-state index in [-0.39, 0.29) is 5.97 Å². The zero-order valence-corrected chi connectivity index (χ0v) is 16.6. The molecule has 2 aromatic carbocycles. The zero-order valence-electron chi connectivity index (χ0n) is 13.4. The van der Waals surface area contributed by atoms with Crippen molar-refractivity contribution in [2.45, 2.75) is 20.3 Å². The molecule has 0 aliphatic carbocycles. The number of carbonyl (C=O) groups excluding carboxylic acids is 1. The normalized spacial score (nSPS) is 9.67. The molecule has 0 atom stereocenters. The van der Waals surface area contributed by atoms with Crippen LogP contribution in [0.3, 0.4) is 0 Å². The highest BCUT2D eigenvalue weighted by Gasteiger charge is 2.07. The van der Waals surface area contributed by atoms with Gasteiger partial charge in [-0.05, 0) is 61.4 Å². The first-order valence-electron chi connectivity index (χ1n) is 7.33. The molecule has 0 unspecified atom stereocenters. The number of aromatic carboxylic acids is 1. The first-order valence-corrected chi connectivity index (χ1v) is 8.92. The van der Waals surface area contributed by atoms with E-state index in [9.17, 15) is 9.59 Å². The van der Waals surface area contributed by atoms with Crippen molar-refractivity contribution in [2.24, 2.45) is 0 Å². The Bertz CT molecular complexity index is 697. The lowest BCUT2D eigenvalue weighted by molar-refractivity contribution is 0.0525. The summed E-state index contributed by atoms with van der Waals surface area (Å²) in [6.07, 6.45) is 0.737. The number of esters is 1. The lowest BCUT2D eigenvalue weighted by Crippen LogP contribution is -2.03. The van der Waals surface area contributed by atoms with Crippen LogP contribution in [0, 0.1) is 0 Å². The smallest absolute Gasteiger partial charge is 0.338 e. The molecule has 24 heavy (non-hydrogen) atoms. The Kier molecular flexibility index (Phi) is 8.71. The summed E-state index contributed by atoms with van der Waals surface area (Å²) < 4.78 is 6.69. The molecule has 0 heterocycles. The van der Waals surface area contributed by atoms with E-state index >= 15 is 0 Å². The van der Waals surface area contributed by atoms with Crippen LogP contribution in [0.1, 0.15) is 40.1 Å². The van der Waals surface area contributed by atoms with Crippen molar-refractivity contribution in [3.8, 4) is 0 Å². The minimum atomic E-state index is -0.862. The van der Waals surface area contributed by atoms with Crippen molar-refractivity contribution in [1.82, 2.24) is 0 Å². The van der Waals surface area contributed by atoms with Crippen molar-refractivity contribution in [3.05, 3.63) is 68.1 Å². The summed E-state index contributed by atoms with van der Waals surface area (Å²) in [5.41, 5.74) is 1.83. The van der Waals surface area contributed by atoms with Gasteiger partial charge in [0.2, 0.25) is 0 Å². The van der Waals surface area contributed by atoms with E-state index in [2.05, 4.69) is 31.9 Å². The second-order valence-electron chi connectivity index (χ2n) is 4.69. The Hall–Kier alpha value is -1.66. The average Bonchev–Trinajstić information content (AvgIpc) is 2.55. The van der Waals surface area contributed by atoms with Gasteiger partial charge in [-0.2, -0.15) is 0 Å². The van der Waals surface area contributed by atoms with Crippen LogP contribution in [-0.2, 0) is 11.2 Å². The number of aryl methyl sites for hydroxylation is 1. The van der Waals surface area contributed by atoms with Gasteiger partial charge in [0.25, 0.3) is 0 Å². The maximum absolute atomic E-state index is 11.1. The summed E-state index contributed by atoms with van der Waals surface area (Å²) in [6, 6.07) is 12.3. The Morgan fingerprint density at radius 3 is 2.08 bits per heavy atom. The molecule has 0 aliphatic heterocycles. The number of rotatable bonds is 4. The van der Waals surface area contributed by atoms with Gasteiger partial charge in [0.05, 0.1) is 17.7 Å². The molecule has 6 heteroatoms. The summed E-state index contributed by atoms with van der Waals surface area (Å²) in [4.78, 5) is 21.8. The SMILES string of the molecule is CCOC(=O)c1ccc(Br)cc1.CCc1cc(Br)ccc1C(=O)O. The third-order valence-corrected chi connectivity index (χ3v) is 4.06. The number of hydrogen-bond acceptors (Lipinski definition) is 3. The second-order valence-corrected chi connectivity index (χ2v) is 6.52. The summed E-state index contributed by atoms with van der Waals surface area (Å²) in [6.45, 7) is 4.14. The number of carbonyl (C=O) groups is 2. The summed E-state index contributed by atoms with van der Waals surface area (Å²) >= 11 is 6.57. The molecular weight excluding hydrogens is 440 g/mol. The molecule has 0 amide bonds. The van der Waals surface area contributed by atoms with Crippen molar-refractivity contribution in [3.63, 3.8) is 0 Å². The fraction of sp³-hybridized carbons (Fsp3) is 0.222. The molecule has 1 N–H and O–H groups in total. The highest BCUT2D eigenvalue weighted by molar-refractivity contribution is 9.10. The van der Waals surface area contributed by atoms with Gasteiger partial charge in [-0.25, -0.2) is 9.59 Å². The largest absolute Gasteiger partial charge is 0.478 e. The van der Waals surface area contributed by atoms with Crippen LogP contribution in [-0.4, -0.2) is 23.7 Å².